The predicted octanol–water partition coefficient (Wildman–Crippen LogP) is 3.60. The number of ether oxygens (including phenoxy) is 1. The molecule has 0 spiro atoms. The molecule has 0 bridgehead atoms. The topological polar surface area (TPSA) is 124 Å². The minimum Gasteiger partial charge on any atom is -0.438 e. The van der Waals surface area contributed by atoms with Crippen molar-refractivity contribution < 1.29 is 4.74 Å². The van der Waals surface area contributed by atoms with Crippen molar-refractivity contribution in [1.82, 2.24) is 34.5 Å². The molecule has 5 aromatic rings. The lowest BCUT2D eigenvalue weighted by atomic mass is 10.1. The molecule has 0 aliphatic heterocycles. The zero-order valence-electron chi connectivity index (χ0n) is 18.2. The van der Waals surface area contributed by atoms with Crippen LogP contribution in [-0.2, 0) is 14.1 Å². The molecule has 0 saturated heterocycles. The Morgan fingerprint density at radius 2 is 1.97 bits per heavy atom. The molecule has 0 atom stereocenters. The molecule has 4 heterocycles. The summed E-state index contributed by atoms with van der Waals surface area (Å²) in [5.74, 6) is 1.47. The Labute approximate surface area is 189 Å². The van der Waals surface area contributed by atoms with Gasteiger partial charge in [0.2, 0.25) is 11.8 Å². The smallest absolute Gasteiger partial charge is 0.234 e. The lowest BCUT2D eigenvalue weighted by Gasteiger charge is -2.10. The first kappa shape index (κ1) is 20.5. The summed E-state index contributed by atoms with van der Waals surface area (Å²) in [6.07, 6.45) is 13.0. The summed E-state index contributed by atoms with van der Waals surface area (Å²) < 4.78 is 9.75. The van der Waals surface area contributed by atoms with Crippen molar-refractivity contribution in [3.05, 3.63) is 66.9 Å². The van der Waals surface area contributed by atoms with Gasteiger partial charge in [-0.2, -0.15) is 20.2 Å². The van der Waals surface area contributed by atoms with Gasteiger partial charge in [0.05, 0.1) is 23.5 Å². The third kappa shape index (κ3) is 4.32. The Morgan fingerprint density at radius 1 is 1.12 bits per heavy atom. The number of aromatic amines is 1. The number of hydrogen-bond acceptors (Lipinski definition) is 7. The zero-order chi connectivity index (χ0) is 22.8. The Hall–Kier alpha value is -4.44. The van der Waals surface area contributed by atoms with Crippen LogP contribution in [0.25, 0.3) is 28.2 Å². The van der Waals surface area contributed by atoms with Crippen molar-refractivity contribution in [3.63, 3.8) is 0 Å². The number of hydrogen-bond donors (Lipinski definition) is 3. The molecule has 0 radical (unpaired) electrons. The molecule has 0 amide bonds. The van der Waals surface area contributed by atoms with Gasteiger partial charge in [0.15, 0.2) is 0 Å². The minimum absolute atomic E-state index is 0.393. The van der Waals surface area contributed by atoms with Crippen LogP contribution >= 0.6 is 0 Å². The number of rotatable bonds is 7. The largest absolute Gasteiger partial charge is 0.438 e. The van der Waals surface area contributed by atoms with E-state index in [1.165, 1.54) is 0 Å². The second kappa shape index (κ2) is 8.60. The zero-order valence-corrected chi connectivity index (χ0v) is 18.2. The van der Waals surface area contributed by atoms with Gasteiger partial charge >= 0.3 is 0 Å². The van der Waals surface area contributed by atoms with E-state index >= 15 is 0 Å². The van der Waals surface area contributed by atoms with Gasteiger partial charge in [-0.05, 0) is 17.7 Å². The molecule has 0 aliphatic rings. The van der Waals surface area contributed by atoms with Crippen LogP contribution in [-0.4, -0.2) is 41.1 Å². The minimum atomic E-state index is 0.393. The molecule has 4 N–H and O–H groups in total. The summed E-state index contributed by atoms with van der Waals surface area (Å²) in [7, 11) is 3.73. The molecule has 4 aromatic heterocycles. The van der Waals surface area contributed by atoms with Crippen LogP contribution in [0.4, 0.5) is 11.6 Å². The van der Waals surface area contributed by atoms with Crippen molar-refractivity contribution in [3.8, 4) is 22.8 Å². The first-order valence-electron chi connectivity index (χ1n) is 10.4. The van der Waals surface area contributed by atoms with Crippen LogP contribution < -0.4 is 15.8 Å². The predicted molar refractivity (Wildman–Crippen MR) is 127 cm³/mol. The first-order valence-corrected chi connectivity index (χ1v) is 10.4. The van der Waals surface area contributed by atoms with E-state index in [-0.39, 0.29) is 0 Å². The summed E-state index contributed by atoms with van der Waals surface area (Å²) in [6.45, 7) is 0.471. The third-order valence-corrected chi connectivity index (χ3v) is 4.99. The van der Waals surface area contributed by atoms with E-state index in [0.717, 1.165) is 27.8 Å². The number of nitrogens with zero attached hydrogens (tertiary/aromatic N) is 6. The highest BCUT2D eigenvalue weighted by molar-refractivity contribution is 5.97. The molecule has 0 aliphatic carbocycles. The number of benzene rings is 1. The van der Waals surface area contributed by atoms with Crippen LogP contribution in [0.5, 0.6) is 11.6 Å². The van der Waals surface area contributed by atoms with Crippen molar-refractivity contribution in [2.24, 2.45) is 19.8 Å². The molecule has 33 heavy (non-hydrogen) atoms. The molecular weight excluding hydrogens is 418 g/mol. The number of H-pyrrole nitrogens is 1. The Balaban J connectivity index is 1.60. The maximum atomic E-state index is 6.30. The molecule has 1 aromatic carbocycles. The van der Waals surface area contributed by atoms with E-state index in [0.29, 0.717) is 29.8 Å². The third-order valence-electron chi connectivity index (χ3n) is 4.99. The summed E-state index contributed by atoms with van der Waals surface area (Å²) in [4.78, 5) is 12.6. The van der Waals surface area contributed by atoms with Gasteiger partial charge in [-0.3, -0.25) is 9.36 Å². The molecule has 10 nitrogen and oxygen atoms in total. The van der Waals surface area contributed by atoms with Gasteiger partial charge in [0, 0.05) is 50.4 Å². The van der Waals surface area contributed by atoms with Crippen molar-refractivity contribution in [1.29, 1.82) is 0 Å². The Bertz CT molecular complexity index is 1440. The second-order valence-corrected chi connectivity index (χ2v) is 7.52. The summed E-state index contributed by atoms with van der Waals surface area (Å²) in [5, 5.41) is 12.4. The van der Waals surface area contributed by atoms with Gasteiger partial charge in [-0.25, -0.2) is 0 Å². The average molecular weight is 441 g/mol. The highest BCUT2D eigenvalue weighted by Crippen LogP contribution is 2.36. The normalized spacial score (nSPS) is 11.5. The van der Waals surface area contributed by atoms with Crippen LogP contribution in [0.15, 0.2) is 61.3 Å². The molecular formula is C23H23N9O. The van der Waals surface area contributed by atoms with Crippen LogP contribution in [0.2, 0.25) is 0 Å². The number of nitrogens with two attached hydrogens (primary N) is 1. The summed E-state index contributed by atoms with van der Waals surface area (Å²) in [6, 6.07) is 7.74. The maximum absolute atomic E-state index is 6.30. The SMILES string of the molecule is Cn1cc(Nc2nc(Oc3cccc(C=CCN)c3)c3c(-c4cnn(C)c4)c[nH]c3n2)cn1. The van der Waals surface area contributed by atoms with Gasteiger partial charge in [0.1, 0.15) is 11.4 Å². The number of anilines is 2. The highest BCUT2D eigenvalue weighted by atomic mass is 16.5. The molecule has 10 heteroatoms. The van der Waals surface area contributed by atoms with Crippen molar-refractivity contribution >= 4 is 28.7 Å². The van der Waals surface area contributed by atoms with Crippen LogP contribution in [0, 0.1) is 0 Å². The van der Waals surface area contributed by atoms with Gasteiger partial charge < -0.3 is 20.8 Å². The highest BCUT2D eigenvalue weighted by Gasteiger charge is 2.18. The first-order chi connectivity index (χ1) is 16.1. The maximum Gasteiger partial charge on any atom is 0.234 e. The number of aromatic nitrogens is 7. The quantitative estimate of drug-likeness (QED) is 0.352. The van der Waals surface area contributed by atoms with Crippen molar-refractivity contribution in [2.45, 2.75) is 0 Å². The summed E-state index contributed by atoms with van der Waals surface area (Å²) >= 11 is 0. The number of nitrogens with one attached hydrogen (secondary N) is 2. The summed E-state index contributed by atoms with van der Waals surface area (Å²) in [5.41, 5.74) is 9.82. The second-order valence-electron chi connectivity index (χ2n) is 7.52. The van der Waals surface area contributed by atoms with Gasteiger partial charge in [0.25, 0.3) is 0 Å². The van der Waals surface area contributed by atoms with E-state index in [1.54, 1.807) is 21.8 Å². The van der Waals surface area contributed by atoms with Gasteiger partial charge in [-0.15, -0.1) is 0 Å². The van der Waals surface area contributed by atoms with Crippen LogP contribution in [0.1, 0.15) is 5.56 Å². The van der Waals surface area contributed by atoms with E-state index in [1.807, 2.05) is 69.1 Å². The lowest BCUT2D eigenvalue weighted by molar-refractivity contribution is 0.469. The molecule has 0 unspecified atom stereocenters. The number of fused-ring (bicyclic) bond motifs is 1. The van der Waals surface area contributed by atoms with E-state index in [4.69, 9.17) is 15.5 Å². The molecule has 5 rings (SSSR count). The van der Waals surface area contributed by atoms with E-state index in [2.05, 4.69) is 25.5 Å². The average Bonchev–Trinajstić information content (AvgIpc) is 3.52. The molecule has 0 fully saturated rings. The fraction of sp³-hybridized carbons (Fsp3) is 0.130. The van der Waals surface area contributed by atoms with Crippen LogP contribution in [0.3, 0.4) is 0 Å². The van der Waals surface area contributed by atoms with Crippen molar-refractivity contribution in [2.75, 3.05) is 11.9 Å². The standard InChI is InChI=1S/C23H23N9O/c1-31-13-16(10-26-31)19-12-25-21-20(19)22(30-23(29-21)28-17-11-27-32(2)14-17)33-18-7-3-5-15(9-18)6-4-8-24/h3-7,9-14H,8,24H2,1-2H3,(H2,25,28,29,30). The Morgan fingerprint density at radius 3 is 2.73 bits per heavy atom. The van der Waals surface area contributed by atoms with Gasteiger partial charge in [-0.1, -0.05) is 24.3 Å². The monoisotopic (exact) mass is 441 g/mol. The molecule has 0 saturated carbocycles. The number of aryl methyl sites for hydroxylation is 2. The fourth-order valence-corrected chi connectivity index (χ4v) is 3.53. The lowest BCUT2D eigenvalue weighted by Crippen LogP contribution is -2.00. The van der Waals surface area contributed by atoms with E-state index < -0.39 is 0 Å². The fourth-order valence-electron chi connectivity index (χ4n) is 3.53. The Kier molecular flexibility index (Phi) is 5.33. The molecule has 166 valence electrons. The van der Waals surface area contributed by atoms with E-state index in [9.17, 15) is 0 Å².